The molecule has 0 unspecified atom stereocenters. The summed E-state index contributed by atoms with van der Waals surface area (Å²) in [5.41, 5.74) is 1.64. The van der Waals surface area contributed by atoms with Crippen molar-refractivity contribution in [2.45, 2.75) is 158 Å². The molecule has 0 bridgehead atoms. The van der Waals surface area contributed by atoms with Crippen molar-refractivity contribution >= 4 is 76.8 Å². The molecule has 4 N–H and O–H groups in total. The number of fused-ring (bicyclic) bond motifs is 4. The minimum atomic E-state index is -4.60. The number of anilines is 2. The summed E-state index contributed by atoms with van der Waals surface area (Å²) < 4.78 is 65.8. The average molecular weight is 1170 g/mol. The Morgan fingerprint density at radius 1 is 0.378 bits per heavy atom. The highest BCUT2D eigenvalue weighted by atomic mass is 32.2. The van der Waals surface area contributed by atoms with E-state index < -0.39 is 44.1 Å². The number of hydrogen-bond acceptors (Lipinski definition) is 10. The second-order valence-corrected chi connectivity index (χ2v) is 24.5. The first-order chi connectivity index (χ1) is 39.1. The number of carbonyl (C=O) groups is 4. The van der Waals surface area contributed by atoms with Crippen LogP contribution >= 0.6 is 0 Å². The Morgan fingerprint density at radius 2 is 0.671 bits per heavy atom. The SMILES string of the molecule is CCCC[N+](CCCC)(CCCC)CCCC.CCCC[N+](CCCC)(CCCC)CCCC.O=C(NCS(=O)(=O)[O-])Nc1ccc2c(c1)C(=O)c1ccccc1C2=O.O=C(NCS(=O)(=O)[O-])Nc1ccc2cc3ccccc3cc2c1. The Morgan fingerprint density at radius 3 is 1.02 bits per heavy atom. The van der Waals surface area contributed by atoms with Crippen LogP contribution in [0.25, 0.3) is 21.5 Å². The Kier molecular flexibility index (Phi) is 31.6. The highest BCUT2D eigenvalue weighted by molar-refractivity contribution is 7.85. The molecule has 1 aliphatic carbocycles. The van der Waals surface area contributed by atoms with Crippen LogP contribution in [0, 0.1) is 0 Å². The lowest BCUT2D eigenvalue weighted by atomic mass is 9.84. The molecule has 0 aliphatic heterocycles. The molecule has 82 heavy (non-hydrogen) atoms. The number of ketones is 2. The Labute approximate surface area is 491 Å². The molecule has 6 rings (SSSR count). The largest absolute Gasteiger partial charge is 0.747 e. The van der Waals surface area contributed by atoms with Gasteiger partial charge in [-0.3, -0.25) is 9.59 Å². The Bertz CT molecular complexity index is 2890. The maximum Gasteiger partial charge on any atom is 0.320 e. The molecule has 18 heteroatoms. The van der Waals surface area contributed by atoms with Gasteiger partial charge in [-0.05, 0) is 115 Å². The van der Waals surface area contributed by atoms with Gasteiger partial charge in [0.25, 0.3) is 0 Å². The van der Waals surface area contributed by atoms with E-state index in [0.717, 1.165) is 21.5 Å². The van der Waals surface area contributed by atoms with Crippen molar-refractivity contribution in [3.05, 3.63) is 119 Å². The number of urea groups is 2. The fraction of sp³-hybridized carbons (Fsp3) is 0.531. The Hall–Kier alpha value is -5.76. The maximum atomic E-state index is 12.5. The van der Waals surface area contributed by atoms with E-state index in [-0.39, 0.29) is 33.9 Å². The van der Waals surface area contributed by atoms with Gasteiger partial charge < -0.3 is 39.3 Å². The molecule has 1 aliphatic rings. The molecule has 4 amide bonds. The molecule has 0 fully saturated rings. The summed E-state index contributed by atoms with van der Waals surface area (Å²) in [5, 5.41) is 12.9. The molecule has 5 aromatic carbocycles. The van der Waals surface area contributed by atoms with Gasteiger partial charge in [0, 0.05) is 33.6 Å². The highest BCUT2D eigenvalue weighted by Crippen LogP contribution is 2.30. The lowest BCUT2D eigenvalue weighted by Crippen LogP contribution is -2.50. The zero-order valence-electron chi connectivity index (χ0n) is 50.4. The number of carbonyl (C=O) groups excluding carboxylic acids is 4. The zero-order chi connectivity index (χ0) is 60.6. The maximum absolute atomic E-state index is 12.5. The summed E-state index contributed by atoms with van der Waals surface area (Å²) in [6.45, 7) is 30.0. The molecule has 0 saturated carbocycles. The lowest BCUT2D eigenvalue weighted by Gasteiger charge is -2.39. The van der Waals surface area contributed by atoms with Crippen molar-refractivity contribution in [3.8, 4) is 0 Å². The van der Waals surface area contributed by atoms with E-state index in [1.807, 2.05) is 47.0 Å². The van der Waals surface area contributed by atoms with E-state index in [1.54, 1.807) is 36.4 Å². The standard InChI is InChI=1S/C16H12N2O6S.C16H14N2O4S.2C16H36N/c19-14-10-3-1-2-4-11(10)15(20)13-7-9(5-6-12(13)14)18-16(21)17-8-25(22,23)24;19-16(17-10-23(20,21)22)18-15-6-5-13-7-11-3-1-2-4-12(11)8-14(13)9-15;2*1-5-9-13-17(14-10-6-2,15-11-7-3)16-12-8-4/h1-7H,8H2,(H2,17,18,21)(H,22,23,24);1-9H,10H2,(H2,17,18,19)(H,20,21,22);2*5-16H2,1-4H3/q;;2*+1/p-2. The van der Waals surface area contributed by atoms with Crippen molar-refractivity contribution in [2.24, 2.45) is 0 Å². The molecule has 0 aromatic heterocycles. The van der Waals surface area contributed by atoms with Crippen molar-refractivity contribution in [2.75, 3.05) is 74.7 Å². The van der Waals surface area contributed by atoms with Gasteiger partial charge in [0.15, 0.2) is 11.6 Å². The second kappa shape index (κ2) is 36.7. The van der Waals surface area contributed by atoms with Gasteiger partial charge in [-0.25, -0.2) is 26.4 Å². The van der Waals surface area contributed by atoms with E-state index >= 15 is 0 Å². The summed E-state index contributed by atoms with van der Waals surface area (Å²) in [4.78, 5) is 48.2. The van der Waals surface area contributed by atoms with Gasteiger partial charge in [0.2, 0.25) is 0 Å². The van der Waals surface area contributed by atoms with Gasteiger partial charge in [-0.1, -0.05) is 161 Å². The molecule has 0 spiro atoms. The van der Waals surface area contributed by atoms with Gasteiger partial charge >= 0.3 is 12.1 Å². The number of benzene rings is 5. The first kappa shape index (κ1) is 70.5. The van der Waals surface area contributed by atoms with Crippen molar-refractivity contribution in [3.63, 3.8) is 0 Å². The molecule has 0 saturated heterocycles. The summed E-state index contributed by atoms with van der Waals surface area (Å²) in [6, 6.07) is 26.3. The smallest absolute Gasteiger partial charge is 0.320 e. The predicted molar refractivity (Wildman–Crippen MR) is 333 cm³/mol. The third-order valence-corrected chi connectivity index (χ3v) is 15.8. The van der Waals surface area contributed by atoms with Crippen LogP contribution in [0.15, 0.2) is 97.1 Å². The van der Waals surface area contributed by atoms with Crippen LogP contribution in [-0.4, -0.2) is 123 Å². The Balaban J connectivity index is 0.000000292. The summed E-state index contributed by atoms with van der Waals surface area (Å²) in [6.07, 6.45) is 22.1. The number of quaternary nitrogens is 2. The van der Waals surface area contributed by atoms with Crippen LogP contribution in [0.2, 0.25) is 0 Å². The molecular formula is C64H96N6O10S2. The average Bonchev–Trinajstić information content (AvgIpc) is 3.61. The fourth-order valence-electron chi connectivity index (χ4n) is 10.1. The van der Waals surface area contributed by atoms with Crippen LogP contribution in [0.5, 0.6) is 0 Å². The van der Waals surface area contributed by atoms with Crippen LogP contribution in [0.4, 0.5) is 21.0 Å². The molecule has 0 heterocycles. The third-order valence-electron chi connectivity index (χ3n) is 14.9. The van der Waals surface area contributed by atoms with Crippen LogP contribution < -0.4 is 21.3 Å². The molecule has 0 radical (unpaired) electrons. The normalized spacial score (nSPS) is 12.2. The van der Waals surface area contributed by atoms with Crippen molar-refractivity contribution in [1.82, 2.24) is 10.6 Å². The van der Waals surface area contributed by atoms with E-state index in [9.17, 15) is 45.1 Å². The highest BCUT2D eigenvalue weighted by Gasteiger charge is 2.30. The number of amides is 4. The third kappa shape index (κ3) is 25.0. The minimum absolute atomic E-state index is 0.137. The molecular weight excluding hydrogens is 1080 g/mol. The van der Waals surface area contributed by atoms with Crippen molar-refractivity contribution < 1.29 is 54.1 Å². The van der Waals surface area contributed by atoms with Gasteiger partial charge in [-0.15, -0.1) is 0 Å². The van der Waals surface area contributed by atoms with Gasteiger partial charge in [0.1, 0.15) is 32.0 Å². The second-order valence-electron chi connectivity index (χ2n) is 21.7. The van der Waals surface area contributed by atoms with Crippen LogP contribution in [0.3, 0.4) is 0 Å². The van der Waals surface area contributed by atoms with E-state index in [0.29, 0.717) is 11.3 Å². The lowest BCUT2D eigenvalue weighted by molar-refractivity contribution is -0.929. The topological polar surface area (TPSA) is 231 Å². The first-order valence-electron chi connectivity index (χ1n) is 30.1. The minimum Gasteiger partial charge on any atom is -0.747 e. The summed E-state index contributed by atoms with van der Waals surface area (Å²) >= 11 is 0. The van der Waals surface area contributed by atoms with Gasteiger partial charge in [0.05, 0.1) is 52.4 Å². The predicted octanol–water partition coefficient (Wildman–Crippen LogP) is 13.7. The van der Waals surface area contributed by atoms with Gasteiger partial charge in [-0.2, -0.15) is 0 Å². The summed E-state index contributed by atoms with van der Waals surface area (Å²) in [5.74, 6) is -2.65. The molecule has 454 valence electrons. The quantitative estimate of drug-likeness (QED) is 0.0189. The number of unbranched alkanes of at least 4 members (excludes halogenated alkanes) is 8. The van der Waals surface area contributed by atoms with Crippen LogP contribution in [-0.2, 0) is 20.2 Å². The first-order valence-corrected chi connectivity index (χ1v) is 33.2. The number of nitrogens with zero attached hydrogens (tertiary/aromatic N) is 2. The monoisotopic (exact) mass is 1170 g/mol. The number of hydrogen-bond donors (Lipinski definition) is 4. The van der Waals surface area contributed by atoms with E-state index in [1.165, 1.54) is 182 Å². The van der Waals surface area contributed by atoms with Crippen molar-refractivity contribution in [1.29, 1.82) is 0 Å². The zero-order valence-corrected chi connectivity index (χ0v) is 52.0. The number of rotatable bonds is 30. The summed E-state index contributed by atoms with van der Waals surface area (Å²) in [7, 11) is -9.09. The fourth-order valence-corrected chi connectivity index (χ4v) is 10.8. The van der Waals surface area contributed by atoms with E-state index in [2.05, 4.69) is 72.1 Å². The molecule has 5 aromatic rings. The number of nitrogens with one attached hydrogen (secondary N) is 4. The molecule has 0 atom stereocenters. The van der Waals surface area contributed by atoms with Crippen LogP contribution in [0.1, 0.15) is 190 Å². The molecule has 16 nitrogen and oxygen atoms in total. The van der Waals surface area contributed by atoms with E-state index in [4.69, 9.17) is 0 Å².